The van der Waals surface area contributed by atoms with E-state index >= 15 is 0 Å². The maximum absolute atomic E-state index is 13.4. The monoisotopic (exact) mass is 557 g/mol. The van der Waals surface area contributed by atoms with E-state index in [9.17, 15) is 19.5 Å². The van der Waals surface area contributed by atoms with Gasteiger partial charge >= 0.3 is 6.09 Å². The minimum absolute atomic E-state index is 0.127. The second-order valence-electron chi connectivity index (χ2n) is 11.3. The standard InChI is InChI=1S/C28H39N5O5S/c1-18-24(39-17-30-18)21-8-6-20(7-9-21)15-29-25(35)23-14-22(34)16-33(23)26(36)19(2)31-10-12-32(13-11-31)27(37)38-28(3,4)5/h6-9,17,19,22-23,34H,10-16H2,1-5H3,(H,29,35)/t19-,22-,23?/m1/s1. The van der Waals surface area contributed by atoms with Gasteiger partial charge in [0, 0.05) is 45.7 Å². The molecule has 0 saturated carbocycles. The summed E-state index contributed by atoms with van der Waals surface area (Å²) in [7, 11) is 0. The third kappa shape index (κ3) is 7.14. The van der Waals surface area contributed by atoms with Crippen LogP contribution >= 0.6 is 11.3 Å². The van der Waals surface area contributed by atoms with Gasteiger partial charge in [-0.1, -0.05) is 24.3 Å². The number of piperazine rings is 1. The Hall–Kier alpha value is -3.02. The van der Waals surface area contributed by atoms with E-state index < -0.39 is 23.8 Å². The zero-order valence-corrected chi connectivity index (χ0v) is 24.2. The van der Waals surface area contributed by atoms with Crippen molar-refractivity contribution in [2.75, 3.05) is 32.7 Å². The summed E-state index contributed by atoms with van der Waals surface area (Å²) in [6, 6.07) is 6.77. The van der Waals surface area contributed by atoms with Crippen LogP contribution in [-0.4, -0.2) is 99.2 Å². The maximum atomic E-state index is 13.4. The first kappa shape index (κ1) is 29.0. The molecule has 2 aromatic rings. The SMILES string of the molecule is Cc1ncsc1-c1ccc(CNC(=O)C2C[C@@H](O)CN2C(=O)[C@@H](C)N2CCN(C(=O)OC(C)(C)C)CC2)cc1. The molecular formula is C28H39N5O5S. The highest BCUT2D eigenvalue weighted by atomic mass is 32.1. The summed E-state index contributed by atoms with van der Waals surface area (Å²) in [4.78, 5) is 49.5. The van der Waals surface area contributed by atoms with Crippen LogP contribution in [0.1, 0.15) is 45.4 Å². The van der Waals surface area contributed by atoms with Crippen molar-refractivity contribution in [3.05, 3.63) is 41.0 Å². The summed E-state index contributed by atoms with van der Waals surface area (Å²) < 4.78 is 5.46. The van der Waals surface area contributed by atoms with Gasteiger partial charge in [-0.2, -0.15) is 0 Å². The Bertz CT molecular complexity index is 1170. The number of β-amino-alcohol motifs (C(OH)–C–C–N with tert-alkyl or cyclic N) is 1. The van der Waals surface area contributed by atoms with E-state index in [1.807, 2.05) is 69.3 Å². The highest BCUT2D eigenvalue weighted by Gasteiger charge is 2.41. The second kappa shape index (κ2) is 12.0. The van der Waals surface area contributed by atoms with Crippen molar-refractivity contribution >= 4 is 29.2 Å². The first-order valence-electron chi connectivity index (χ1n) is 13.4. The number of nitrogens with one attached hydrogen (secondary N) is 1. The van der Waals surface area contributed by atoms with Gasteiger partial charge in [-0.3, -0.25) is 14.5 Å². The van der Waals surface area contributed by atoms with Gasteiger partial charge in [0.15, 0.2) is 0 Å². The van der Waals surface area contributed by atoms with E-state index in [-0.39, 0.29) is 30.9 Å². The number of thiazole rings is 1. The molecule has 0 aliphatic carbocycles. The molecule has 11 heteroatoms. The Labute approximate surface area is 233 Å². The van der Waals surface area contributed by atoms with E-state index in [0.717, 1.165) is 21.7 Å². The van der Waals surface area contributed by atoms with E-state index in [4.69, 9.17) is 4.74 Å². The van der Waals surface area contributed by atoms with E-state index in [1.165, 1.54) is 4.90 Å². The Balaban J connectivity index is 1.31. The lowest BCUT2D eigenvalue weighted by atomic mass is 10.1. The molecule has 3 amide bonds. The molecule has 1 aromatic heterocycles. The predicted molar refractivity (Wildman–Crippen MR) is 149 cm³/mol. The van der Waals surface area contributed by atoms with Crippen LogP contribution in [0.2, 0.25) is 0 Å². The molecule has 3 heterocycles. The number of ether oxygens (including phenoxy) is 1. The topological polar surface area (TPSA) is 115 Å². The lowest BCUT2D eigenvalue weighted by Crippen LogP contribution is -2.57. The Kier molecular flexibility index (Phi) is 8.93. The average molecular weight is 558 g/mol. The fourth-order valence-electron chi connectivity index (χ4n) is 4.98. The lowest BCUT2D eigenvalue weighted by molar-refractivity contribution is -0.142. The number of aromatic nitrogens is 1. The Morgan fingerprint density at radius 1 is 1.15 bits per heavy atom. The maximum Gasteiger partial charge on any atom is 0.410 e. The van der Waals surface area contributed by atoms with E-state index in [0.29, 0.717) is 32.7 Å². The highest BCUT2D eigenvalue weighted by molar-refractivity contribution is 7.13. The summed E-state index contributed by atoms with van der Waals surface area (Å²) in [5, 5.41) is 13.3. The molecule has 2 fully saturated rings. The fourth-order valence-corrected chi connectivity index (χ4v) is 5.79. The third-order valence-corrected chi connectivity index (χ3v) is 8.14. The number of nitrogens with zero attached hydrogens (tertiary/aromatic N) is 4. The molecule has 2 N–H and O–H groups in total. The van der Waals surface area contributed by atoms with Gasteiger partial charge in [0.05, 0.1) is 28.2 Å². The number of carbonyl (C=O) groups is 3. The lowest BCUT2D eigenvalue weighted by Gasteiger charge is -2.39. The Morgan fingerprint density at radius 2 is 1.82 bits per heavy atom. The van der Waals surface area contributed by atoms with E-state index in [1.54, 1.807) is 16.2 Å². The average Bonchev–Trinajstić information content (AvgIpc) is 3.51. The van der Waals surface area contributed by atoms with Gasteiger partial charge in [0.25, 0.3) is 0 Å². The van der Waals surface area contributed by atoms with Crippen LogP contribution in [0.4, 0.5) is 4.79 Å². The number of carbonyl (C=O) groups excluding carboxylic acids is 3. The van der Waals surface area contributed by atoms with Crippen molar-refractivity contribution in [2.45, 2.75) is 71.4 Å². The van der Waals surface area contributed by atoms with Gasteiger partial charge in [0.2, 0.25) is 11.8 Å². The molecule has 0 radical (unpaired) electrons. The summed E-state index contributed by atoms with van der Waals surface area (Å²) in [6.07, 6.45) is -0.892. The first-order valence-corrected chi connectivity index (χ1v) is 14.3. The molecule has 4 rings (SSSR count). The molecule has 2 saturated heterocycles. The number of rotatable bonds is 6. The number of hydrogen-bond donors (Lipinski definition) is 2. The van der Waals surface area contributed by atoms with Crippen molar-refractivity contribution in [1.82, 2.24) is 25.0 Å². The molecule has 10 nitrogen and oxygen atoms in total. The van der Waals surface area contributed by atoms with Crippen LogP contribution in [0.3, 0.4) is 0 Å². The van der Waals surface area contributed by atoms with Crippen LogP contribution in [0.15, 0.2) is 29.8 Å². The summed E-state index contributed by atoms with van der Waals surface area (Å²) in [5.74, 6) is -0.467. The van der Waals surface area contributed by atoms with Crippen molar-refractivity contribution in [1.29, 1.82) is 0 Å². The van der Waals surface area contributed by atoms with Crippen molar-refractivity contribution < 1.29 is 24.2 Å². The molecule has 2 aliphatic rings. The largest absolute Gasteiger partial charge is 0.444 e. The molecule has 39 heavy (non-hydrogen) atoms. The molecular weight excluding hydrogens is 518 g/mol. The van der Waals surface area contributed by atoms with Gasteiger partial charge < -0.3 is 25.0 Å². The second-order valence-corrected chi connectivity index (χ2v) is 12.1. The molecule has 2 aliphatic heterocycles. The number of amides is 3. The van der Waals surface area contributed by atoms with E-state index in [2.05, 4.69) is 10.3 Å². The number of aryl methyl sites for hydroxylation is 1. The number of aliphatic hydroxyl groups is 1. The minimum atomic E-state index is -0.747. The molecule has 1 unspecified atom stereocenters. The molecule has 1 aromatic carbocycles. The van der Waals surface area contributed by atoms with Crippen molar-refractivity contribution in [2.24, 2.45) is 0 Å². The molecule has 0 spiro atoms. The smallest absolute Gasteiger partial charge is 0.410 e. The number of aliphatic hydroxyl groups excluding tert-OH is 1. The van der Waals surface area contributed by atoms with Crippen LogP contribution in [0, 0.1) is 6.92 Å². The van der Waals surface area contributed by atoms with Crippen molar-refractivity contribution in [3.8, 4) is 10.4 Å². The normalized spacial score (nSPS) is 21.1. The first-order chi connectivity index (χ1) is 18.4. The third-order valence-electron chi connectivity index (χ3n) is 7.16. The number of hydrogen-bond acceptors (Lipinski definition) is 8. The summed E-state index contributed by atoms with van der Waals surface area (Å²) in [5.41, 5.74) is 4.29. The molecule has 0 bridgehead atoms. The minimum Gasteiger partial charge on any atom is -0.444 e. The van der Waals surface area contributed by atoms with Gasteiger partial charge in [-0.25, -0.2) is 9.78 Å². The zero-order valence-electron chi connectivity index (χ0n) is 23.3. The van der Waals surface area contributed by atoms with Crippen molar-refractivity contribution in [3.63, 3.8) is 0 Å². The van der Waals surface area contributed by atoms with Gasteiger partial charge in [-0.15, -0.1) is 11.3 Å². The van der Waals surface area contributed by atoms with Crippen LogP contribution in [0.5, 0.6) is 0 Å². The van der Waals surface area contributed by atoms with Gasteiger partial charge in [-0.05, 0) is 45.7 Å². The zero-order chi connectivity index (χ0) is 28.3. The fraction of sp³-hybridized carbons (Fsp3) is 0.571. The highest BCUT2D eigenvalue weighted by Crippen LogP contribution is 2.27. The van der Waals surface area contributed by atoms with Crippen LogP contribution in [0.25, 0.3) is 10.4 Å². The van der Waals surface area contributed by atoms with Crippen LogP contribution in [-0.2, 0) is 20.9 Å². The summed E-state index contributed by atoms with van der Waals surface area (Å²) in [6.45, 7) is 11.7. The summed E-state index contributed by atoms with van der Waals surface area (Å²) >= 11 is 1.59. The number of likely N-dealkylation sites (tertiary alicyclic amines) is 1. The van der Waals surface area contributed by atoms with Crippen LogP contribution < -0.4 is 5.32 Å². The van der Waals surface area contributed by atoms with Gasteiger partial charge in [0.1, 0.15) is 11.6 Å². The predicted octanol–water partition coefficient (Wildman–Crippen LogP) is 2.64. The number of benzene rings is 1. The quantitative estimate of drug-likeness (QED) is 0.561. The molecule has 212 valence electrons. The molecule has 3 atom stereocenters. The Morgan fingerprint density at radius 3 is 2.41 bits per heavy atom.